The van der Waals surface area contributed by atoms with E-state index in [0.29, 0.717) is 19.3 Å². The summed E-state index contributed by atoms with van der Waals surface area (Å²) in [5.74, 6) is -3.39. The van der Waals surface area contributed by atoms with Crippen molar-refractivity contribution in [3.8, 4) is 0 Å². The summed E-state index contributed by atoms with van der Waals surface area (Å²) in [6.45, 7) is 14.7. The van der Waals surface area contributed by atoms with Gasteiger partial charge in [0.15, 0.2) is 5.78 Å². The van der Waals surface area contributed by atoms with E-state index < -0.39 is 65.2 Å². The van der Waals surface area contributed by atoms with Gasteiger partial charge in [-0.25, -0.2) is 14.4 Å². The summed E-state index contributed by atoms with van der Waals surface area (Å²) in [4.78, 5) is 81.3. The van der Waals surface area contributed by atoms with Crippen molar-refractivity contribution >= 4 is 35.8 Å². The predicted octanol–water partition coefficient (Wildman–Crippen LogP) is 5.96. The van der Waals surface area contributed by atoms with Gasteiger partial charge in [-0.3, -0.25) is 14.4 Å². The van der Waals surface area contributed by atoms with Crippen molar-refractivity contribution < 1.29 is 43.3 Å². The summed E-state index contributed by atoms with van der Waals surface area (Å²) >= 11 is 0. The Bertz CT molecular complexity index is 1630. The van der Waals surface area contributed by atoms with Gasteiger partial charge in [-0.15, -0.1) is 0 Å². The number of hydrogen-bond acceptors (Lipinski definition) is 8. The largest absolute Gasteiger partial charge is 0.480 e. The highest BCUT2D eigenvalue weighted by atomic mass is 16.6. The van der Waals surface area contributed by atoms with Crippen LogP contribution in [0.3, 0.4) is 0 Å². The Hall–Kier alpha value is -4.94. The monoisotopic (exact) mass is 764 g/mol. The summed E-state index contributed by atoms with van der Waals surface area (Å²) in [5.41, 5.74) is 1.13. The summed E-state index contributed by atoms with van der Waals surface area (Å²) in [7, 11) is 0. The number of carbonyl (C=O) groups is 6. The van der Waals surface area contributed by atoms with Crippen LogP contribution in [0.25, 0.3) is 0 Å². The van der Waals surface area contributed by atoms with Gasteiger partial charge in [0.05, 0.1) is 6.04 Å². The number of carboxylic acid groups (broad SMARTS) is 1. The summed E-state index contributed by atoms with van der Waals surface area (Å²) < 4.78 is 10.7. The first-order valence-electron chi connectivity index (χ1n) is 19.2. The first kappa shape index (κ1) is 44.5. The van der Waals surface area contributed by atoms with Gasteiger partial charge in [-0.1, -0.05) is 68.4 Å². The molecule has 2 aromatic rings. The molecule has 2 aromatic carbocycles. The molecule has 4 amide bonds. The topological polar surface area (TPSA) is 180 Å². The molecule has 0 fully saturated rings. The summed E-state index contributed by atoms with van der Waals surface area (Å²) in [5, 5.41) is 18.0. The normalized spacial score (nSPS) is 15.9. The minimum absolute atomic E-state index is 0.00357. The van der Waals surface area contributed by atoms with E-state index in [-0.39, 0.29) is 50.5 Å². The lowest BCUT2D eigenvalue weighted by Gasteiger charge is -2.38. The fourth-order valence-electron chi connectivity index (χ4n) is 6.50. The third-order valence-electron chi connectivity index (χ3n) is 8.95. The molecule has 4 N–H and O–H groups in total. The van der Waals surface area contributed by atoms with E-state index in [1.54, 1.807) is 41.5 Å². The number of aliphatic carboxylic acids is 1. The Morgan fingerprint density at radius 1 is 0.800 bits per heavy atom. The molecule has 0 radical (unpaired) electrons. The Morgan fingerprint density at radius 2 is 1.40 bits per heavy atom. The zero-order valence-corrected chi connectivity index (χ0v) is 33.6. The molecule has 55 heavy (non-hydrogen) atoms. The SMILES string of the molecule is CC(C)C[C@H](CC(=O)[C@@H]1Cc2ccccc2CN1C(=O)[C@@H](Cc1ccccc1)NC(=O)OC(C)(C)C)C(=O)N[C@H](CCCCNC(=O)OC(C)(C)C)C(=O)O. The molecule has 3 rings (SSSR count). The van der Waals surface area contributed by atoms with Crippen LogP contribution in [0.15, 0.2) is 54.6 Å². The number of nitrogens with zero attached hydrogens (tertiary/aromatic N) is 1. The van der Waals surface area contributed by atoms with Crippen molar-refractivity contribution in [2.45, 2.75) is 136 Å². The van der Waals surface area contributed by atoms with E-state index in [1.165, 1.54) is 4.90 Å². The molecule has 0 unspecified atom stereocenters. The van der Waals surface area contributed by atoms with Crippen LogP contribution in [-0.4, -0.2) is 81.6 Å². The van der Waals surface area contributed by atoms with Crippen LogP contribution in [0.1, 0.15) is 104 Å². The molecule has 0 saturated carbocycles. The number of hydrogen-bond donors (Lipinski definition) is 4. The molecule has 1 heterocycles. The number of nitrogens with one attached hydrogen (secondary N) is 3. The number of rotatable bonds is 17. The van der Waals surface area contributed by atoms with Crippen molar-refractivity contribution in [3.05, 3.63) is 71.3 Å². The maximum atomic E-state index is 14.5. The van der Waals surface area contributed by atoms with Crippen LogP contribution in [0.4, 0.5) is 9.59 Å². The average Bonchev–Trinajstić information content (AvgIpc) is 3.08. The molecule has 0 spiro atoms. The lowest BCUT2D eigenvalue weighted by Crippen LogP contribution is -2.57. The second-order valence-electron chi connectivity index (χ2n) is 16.7. The van der Waals surface area contributed by atoms with E-state index in [0.717, 1.165) is 16.7 Å². The van der Waals surface area contributed by atoms with Crippen LogP contribution in [0, 0.1) is 11.8 Å². The second-order valence-corrected chi connectivity index (χ2v) is 16.7. The van der Waals surface area contributed by atoms with E-state index in [4.69, 9.17) is 9.47 Å². The number of unbranched alkanes of at least 4 members (excludes halogenated alkanes) is 1. The van der Waals surface area contributed by atoms with Gasteiger partial charge >= 0.3 is 18.2 Å². The first-order chi connectivity index (χ1) is 25.7. The lowest BCUT2D eigenvalue weighted by molar-refractivity contribution is -0.145. The molecule has 0 saturated heterocycles. The zero-order valence-electron chi connectivity index (χ0n) is 33.6. The number of benzene rings is 2. The molecule has 13 nitrogen and oxygen atoms in total. The quantitative estimate of drug-likeness (QED) is 0.141. The van der Waals surface area contributed by atoms with Gasteiger partial charge in [-0.05, 0) is 89.8 Å². The van der Waals surface area contributed by atoms with E-state index in [2.05, 4.69) is 16.0 Å². The number of ketones is 1. The van der Waals surface area contributed by atoms with Gasteiger partial charge in [0, 0.05) is 38.3 Å². The smallest absolute Gasteiger partial charge is 0.408 e. The van der Waals surface area contributed by atoms with Gasteiger partial charge in [0.25, 0.3) is 0 Å². The molecule has 302 valence electrons. The lowest BCUT2D eigenvalue weighted by atomic mass is 9.85. The fraction of sp³-hybridized carbons (Fsp3) is 0.571. The van der Waals surface area contributed by atoms with Crippen molar-refractivity contribution in [3.63, 3.8) is 0 Å². The van der Waals surface area contributed by atoms with Crippen molar-refractivity contribution in [1.82, 2.24) is 20.9 Å². The highest BCUT2D eigenvalue weighted by Crippen LogP contribution is 2.28. The highest BCUT2D eigenvalue weighted by molar-refractivity contribution is 5.95. The molecule has 0 bridgehead atoms. The maximum Gasteiger partial charge on any atom is 0.408 e. The van der Waals surface area contributed by atoms with Crippen molar-refractivity contribution in [1.29, 1.82) is 0 Å². The predicted molar refractivity (Wildman–Crippen MR) is 208 cm³/mol. The molecule has 4 atom stereocenters. The molecule has 0 aliphatic carbocycles. The van der Waals surface area contributed by atoms with Crippen LogP contribution < -0.4 is 16.0 Å². The first-order valence-corrected chi connectivity index (χ1v) is 19.2. The van der Waals surface area contributed by atoms with E-state index >= 15 is 0 Å². The summed E-state index contributed by atoms with van der Waals surface area (Å²) in [6.07, 6.45) is 0.143. The molecular formula is C42H60N4O9. The zero-order chi connectivity index (χ0) is 40.9. The Labute approximate surface area is 325 Å². The van der Waals surface area contributed by atoms with Crippen molar-refractivity contribution in [2.24, 2.45) is 11.8 Å². The summed E-state index contributed by atoms with van der Waals surface area (Å²) in [6, 6.07) is 13.6. The Balaban J connectivity index is 1.80. The number of Topliss-reactive ketones (excluding diaryl/α,β-unsaturated/α-hetero) is 1. The number of carbonyl (C=O) groups excluding carboxylic acids is 5. The second kappa shape index (κ2) is 20.1. The highest BCUT2D eigenvalue weighted by Gasteiger charge is 2.40. The average molecular weight is 765 g/mol. The molecule has 13 heteroatoms. The van der Waals surface area contributed by atoms with Crippen LogP contribution >= 0.6 is 0 Å². The van der Waals surface area contributed by atoms with Crippen LogP contribution in [0.5, 0.6) is 0 Å². The maximum absolute atomic E-state index is 14.5. The third-order valence-corrected chi connectivity index (χ3v) is 8.95. The number of amides is 4. The van der Waals surface area contributed by atoms with Crippen LogP contribution in [0.2, 0.25) is 0 Å². The Kier molecular flexibility index (Phi) is 16.3. The van der Waals surface area contributed by atoms with Gasteiger partial charge in [0.1, 0.15) is 23.3 Å². The number of alkyl carbamates (subject to hydrolysis) is 2. The van der Waals surface area contributed by atoms with E-state index in [9.17, 15) is 33.9 Å². The van der Waals surface area contributed by atoms with E-state index in [1.807, 2.05) is 68.4 Å². The molecule has 1 aliphatic rings. The number of ether oxygens (including phenoxy) is 2. The fourth-order valence-corrected chi connectivity index (χ4v) is 6.50. The molecular weight excluding hydrogens is 704 g/mol. The minimum Gasteiger partial charge on any atom is -0.480 e. The number of fused-ring (bicyclic) bond motifs is 1. The van der Waals surface area contributed by atoms with Gasteiger partial charge < -0.3 is 35.4 Å². The molecule has 0 aromatic heterocycles. The molecule has 1 aliphatic heterocycles. The minimum atomic E-state index is -1.20. The Morgan fingerprint density at radius 3 is 2.00 bits per heavy atom. The van der Waals surface area contributed by atoms with Gasteiger partial charge in [-0.2, -0.15) is 0 Å². The van der Waals surface area contributed by atoms with Gasteiger partial charge in [0.2, 0.25) is 11.8 Å². The number of carboxylic acids is 1. The third kappa shape index (κ3) is 15.4. The van der Waals surface area contributed by atoms with Crippen LogP contribution in [-0.2, 0) is 48.0 Å². The van der Waals surface area contributed by atoms with Crippen molar-refractivity contribution in [2.75, 3.05) is 6.54 Å². The standard InChI is InChI=1S/C42H60N4O9/c1-27(2)22-31(36(48)44-32(38(50)51)20-14-15-21-43-39(52)54-41(3,4)5)25-35(47)34-24-29-18-12-13-19-30(29)26-46(34)37(49)33(23-28-16-10-9-11-17-28)45-40(53)55-42(6,7)8/h9-13,16-19,27,31-34H,14-15,20-26H2,1-8H3,(H,43,52)(H,44,48)(H,45,53)(H,50,51)/t31-,32-,33-,34+/m1/s1.